The molecule has 0 aliphatic heterocycles. The van der Waals surface area contributed by atoms with Crippen molar-refractivity contribution >= 4 is 28.1 Å². The van der Waals surface area contributed by atoms with E-state index in [4.69, 9.17) is 5.11 Å². The fraction of sp³-hybridized carbons (Fsp3) is 0.231. The van der Waals surface area contributed by atoms with Crippen molar-refractivity contribution in [2.24, 2.45) is 0 Å². The maximum atomic E-state index is 13.5. The van der Waals surface area contributed by atoms with Crippen molar-refractivity contribution in [1.82, 2.24) is 4.98 Å². The average molecular weight is 298 g/mol. The number of carbonyl (C=O) groups is 1. The van der Waals surface area contributed by atoms with Crippen molar-refractivity contribution in [3.63, 3.8) is 0 Å². The lowest BCUT2D eigenvalue weighted by molar-refractivity contribution is -0.142. The molecule has 7 heteroatoms. The zero-order valence-corrected chi connectivity index (χ0v) is 11.6. The number of anilines is 2. The quantitative estimate of drug-likeness (QED) is 0.906. The Morgan fingerprint density at radius 3 is 2.70 bits per heavy atom. The lowest BCUT2D eigenvalue weighted by Gasteiger charge is -2.15. The highest BCUT2D eigenvalue weighted by atomic mass is 32.1. The number of aliphatic carboxylic acids is 1. The largest absolute Gasteiger partial charge is 0.481 e. The Hall–Kier alpha value is -2.02. The van der Waals surface area contributed by atoms with E-state index >= 15 is 0 Å². The van der Waals surface area contributed by atoms with E-state index in [0.717, 1.165) is 23.5 Å². The van der Waals surface area contributed by atoms with Crippen molar-refractivity contribution in [3.8, 4) is 0 Å². The zero-order chi connectivity index (χ0) is 14.9. The van der Waals surface area contributed by atoms with Crippen molar-refractivity contribution in [1.29, 1.82) is 0 Å². The molecule has 2 N–H and O–H groups in total. The molecular formula is C13H12F2N2O2S. The summed E-state index contributed by atoms with van der Waals surface area (Å²) in [6.07, 6.45) is 0. The summed E-state index contributed by atoms with van der Waals surface area (Å²) in [5.74, 6) is -2.40. The van der Waals surface area contributed by atoms with Gasteiger partial charge in [-0.1, -0.05) is 0 Å². The molecule has 0 radical (unpaired) electrons. The normalized spacial score (nSPS) is 11.4. The molecule has 0 fully saturated rings. The van der Waals surface area contributed by atoms with Crippen LogP contribution in [0.25, 0.3) is 0 Å². The van der Waals surface area contributed by atoms with Crippen LogP contribution in [0.15, 0.2) is 23.6 Å². The summed E-state index contributed by atoms with van der Waals surface area (Å²) in [6, 6.07) is 3.15. The summed E-state index contributed by atoms with van der Waals surface area (Å²) < 4.78 is 26.3. The molecule has 106 valence electrons. The van der Waals surface area contributed by atoms with Crippen LogP contribution in [0.4, 0.5) is 19.6 Å². The van der Waals surface area contributed by atoms with Gasteiger partial charge in [-0.3, -0.25) is 4.79 Å². The molecule has 0 saturated carbocycles. The number of nitrogens with zero attached hydrogens (tertiary/aromatic N) is 1. The molecule has 1 aromatic carbocycles. The number of hydrogen-bond acceptors (Lipinski definition) is 4. The number of carboxylic acid groups (broad SMARTS) is 1. The molecule has 1 heterocycles. The minimum atomic E-state index is -1.13. The van der Waals surface area contributed by atoms with Crippen LogP contribution in [-0.2, 0) is 10.2 Å². The second-order valence-corrected chi connectivity index (χ2v) is 5.58. The Balaban J connectivity index is 2.24. The molecule has 0 aliphatic carbocycles. The highest BCUT2D eigenvalue weighted by Gasteiger charge is 2.32. The van der Waals surface area contributed by atoms with Gasteiger partial charge in [-0.05, 0) is 26.0 Å². The van der Waals surface area contributed by atoms with Gasteiger partial charge in [0.2, 0.25) is 0 Å². The Kier molecular flexibility index (Phi) is 3.71. The monoisotopic (exact) mass is 298 g/mol. The number of nitrogens with one attached hydrogen (secondary N) is 1. The number of rotatable bonds is 4. The molecule has 2 rings (SSSR count). The maximum Gasteiger partial charge on any atom is 0.315 e. The Morgan fingerprint density at radius 2 is 2.10 bits per heavy atom. The predicted octanol–water partition coefficient (Wildman–Crippen LogP) is 3.53. The maximum absolute atomic E-state index is 13.5. The first-order chi connectivity index (χ1) is 9.30. The minimum Gasteiger partial charge on any atom is -0.481 e. The van der Waals surface area contributed by atoms with Crippen molar-refractivity contribution in [3.05, 3.63) is 40.9 Å². The lowest BCUT2D eigenvalue weighted by Crippen LogP contribution is -2.28. The van der Waals surface area contributed by atoms with Gasteiger partial charge < -0.3 is 10.4 Å². The van der Waals surface area contributed by atoms with Gasteiger partial charge >= 0.3 is 5.97 Å². The SMILES string of the molecule is CC(C)(C(=O)O)c1csc(Nc2ccc(F)cc2F)n1. The molecule has 0 aliphatic rings. The van der Waals surface area contributed by atoms with Crippen LogP contribution in [0.5, 0.6) is 0 Å². The van der Waals surface area contributed by atoms with Crippen LogP contribution >= 0.6 is 11.3 Å². The van der Waals surface area contributed by atoms with Gasteiger partial charge in [-0.2, -0.15) is 0 Å². The third kappa shape index (κ3) is 2.77. The topological polar surface area (TPSA) is 62.2 Å². The van der Waals surface area contributed by atoms with E-state index in [9.17, 15) is 13.6 Å². The molecule has 0 saturated heterocycles. The number of thiazole rings is 1. The van der Waals surface area contributed by atoms with Crippen LogP contribution < -0.4 is 5.32 Å². The second kappa shape index (κ2) is 5.16. The molecule has 0 unspecified atom stereocenters. The van der Waals surface area contributed by atoms with Crippen molar-refractivity contribution < 1.29 is 18.7 Å². The first-order valence-electron chi connectivity index (χ1n) is 5.72. The first-order valence-corrected chi connectivity index (χ1v) is 6.60. The van der Waals surface area contributed by atoms with E-state index in [1.54, 1.807) is 5.38 Å². The van der Waals surface area contributed by atoms with E-state index in [1.807, 2.05) is 0 Å². The van der Waals surface area contributed by atoms with Gasteiger partial charge in [0.25, 0.3) is 0 Å². The first kappa shape index (κ1) is 14.4. The summed E-state index contributed by atoms with van der Waals surface area (Å²) in [7, 11) is 0. The van der Waals surface area contributed by atoms with Gasteiger partial charge in [-0.15, -0.1) is 11.3 Å². The van der Waals surface area contributed by atoms with E-state index < -0.39 is 23.0 Å². The van der Waals surface area contributed by atoms with Crippen LogP contribution in [0.1, 0.15) is 19.5 Å². The van der Waals surface area contributed by atoms with Crippen LogP contribution in [0.3, 0.4) is 0 Å². The van der Waals surface area contributed by atoms with Crippen molar-refractivity contribution in [2.45, 2.75) is 19.3 Å². The molecule has 1 aromatic heterocycles. The average Bonchev–Trinajstić information content (AvgIpc) is 2.81. The lowest BCUT2D eigenvalue weighted by atomic mass is 9.90. The van der Waals surface area contributed by atoms with E-state index in [2.05, 4.69) is 10.3 Å². The van der Waals surface area contributed by atoms with Crippen LogP contribution in [0, 0.1) is 11.6 Å². The van der Waals surface area contributed by atoms with E-state index in [-0.39, 0.29) is 5.69 Å². The third-order valence-corrected chi connectivity index (χ3v) is 3.61. The fourth-order valence-corrected chi connectivity index (χ4v) is 2.32. The van der Waals surface area contributed by atoms with E-state index in [0.29, 0.717) is 10.8 Å². The Labute approximate surface area is 118 Å². The van der Waals surface area contributed by atoms with Gasteiger partial charge in [-0.25, -0.2) is 13.8 Å². The Morgan fingerprint density at radius 1 is 1.40 bits per heavy atom. The van der Waals surface area contributed by atoms with Gasteiger partial charge in [0.15, 0.2) is 5.13 Å². The molecule has 0 atom stereocenters. The third-order valence-electron chi connectivity index (χ3n) is 2.85. The molecule has 0 amide bonds. The second-order valence-electron chi connectivity index (χ2n) is 4.72. The summed E-state index contributed by atoms with van der Waals surface area (Å²) >= 11 is 1.16. The van der Waals surface area contributed by atoms with Crippen molar-refractivity contribution in [2.75, 3.05) is 5.32 Å². The van der Waals surface area contributed by atoms with Gasteiger partial charge in [0.05, 0.1) is 11.4 Å². The highest BCUT2D eigenvalue weighted by molar-refractivity contribution is 7.13. The summed E-state index contributed by atoms with van der Waals surface area (Å²) in [4.78, 5) is 15.3. The van der Waals surface area contributed by atoms with Gasteiger partial charge in [0.1, 0.15) is 17.0 Å². The number of benzene rings is 1. The fourth-order valence-electron chi connectivity index (χ4n) is 1.43. The summed E-state index contributed by atoms with van der Waals surface area (Å²) in [5, 5.41) is 13.8. The predicted molar refractivity (Wildman–Crippen MR) is 72.4 cm³/mol. The number of aromatic nitrogens is 1. The number of carboxylic acids is 1. The highest BCUT2D eigenvalue weighted by Crippen LogP contribution is 2.29. The molecule has 4 nitrogen and oxygen atoms in total. The van der Waals surface area contributed by atoms with Crippen LogP contribution in [-0.4, -0.2) is 16.1 Å². The molecular weight excluding hydrogens is 286 g/mol. The summed E-state index contributed by atoms with van der Waals surface area (Å²) in [6.45, 7) is 3.07. The minimum absolute atomic E-state index is 0.0837. The Bertz CT molecular complexity index is 656. The zero-order valence-electron chi connectivity index (χ0n) is 10.8. The standard InChI is InChI=1S/C13H12F2N2O2S/c1-13(2,11(18)19)10-6-20-12(17-10)16-9-4-3-7(14)5-8(9)15/h3-6H,1-2H3,(H,16,17)(H,18,19). The molecule has 20 heavy (non-hydrogen) atoms. The molecule has 0 bridgehead atoms. The van der Waals surface area contributed by atoms with Crippen LogP contribution in [0.2, 0.25) is 0 Å². The van der Waals surface area contributed by atoms with Gasteiger partial charge in [0, 0.05) is 11.4 Å². The summed E-state index contributed by atoms with van der Waals surface area (Å²) in [5.41, 5.74) is -0.668. The van der Waals surface area contributed by atoms with E-state index in [1.165, 1.54) is 19.9 Å². The smallest absolute Gasteiger partial charge is 0.315 e. The molecule has 0 spiro atoms. The number of hydrogen-bond donors (Lipinski definition) is 2. The number of halogens is 2. The molecule has 2 aromatic rings.